The second-order valence-electron chi connectivity index (χ2n) is 6.53. The van der Waals surface area contributed by atoms with Crippen molar-refractivity contribution in [3.05, 3.63) is 0 Å². The fraction of sp³-hybridized carbons (Fsp3) is 0.938. The third-order valence-electron chi connectivity index (χ3n) is 5.18. The maximum absolute atomic E-state index is 11.6. The number of carbonyl (C=O) groups excluding carboxylic acids is 1. The number of ether oxygens (including phenoxy) is 1. The molecule has 2 fully saturated rings. The van der Waals surface area contributed by atoms with Gasteiger partial charge >= 0.3 is 0 Å². The highest BCUT2D eigenvalue weighted by Crippen LogP contribution is 2.63. The molecule has 18 heavy (non-hydrogen) atoms. The first-order valence-electron chi connectivity index (χ1n) is 7.51. The van der Waals surface area contributed by atoms with Crippen LogP contribution in [0, 0.1) is 16.7 Å². The van der Waals surface area contributed by atoms with Crippen molar-refractivity contribution < 1.29 is 9.53 Å². The van der Waals surface area contributed by atoms with E-state index >= 15 is 0 Å². The minimum absolute atomic E-state index is 0.0255. The molecule has 0 heterocycles. The van der Waals surface area contributed by atoms with Crippen LogP contribution in [0.4, 0.5) is 0 Å². The van der Waals surface area contributed by atoms with E-state index in [1.54, 1.807) is 0 Å². The number of fused-ring (bicyclic) bond motifs is 2. The quantitative estimate of drug-likeness (QED) is 0.702. The standard InChI is InChI=1S/C10H16O.C6H14O/c1-9(2)7-4-5-10(9,3)8(11)6-7;1-3-5-7-6-4-2/h7H,4-6H2,1-3H3;3-6H2,1-2H3. The van der Waals surface area contributed by atoms with Crippen LogP contribution in [0.2, 0.25) is 0 Å². The number of hydrogen-bond donors (Lipinski definition) is 0. The minimum Gasteiger partial charge on any atom is -0.381 e. The lowest BCUT2D eigenvalue weighted by Crippen LogP contribution is -2.32. The third kappa shape index (κ3) is 2.79. The first-order valence-corrected chi connectivity index (χ1v) is 7.51. The first-order chi connectivity index (χ1) is 8.40. The number of Topliss-reactive ketones (excluding diaryl/α,β-unsaturated/α-hetero) is 1. The van der Waals surface area contributed by atoms with Crippen LogP contribution in [0.3, 0.4) is 0 Å². The molecule has 0 radical (unpaired) electrons. The molecule has 2 saturated carbocycles. The molecule has 0 aliphatic heterocycles. The third-order valence-corrected chi connectivity index (χ3v) is 5.18. The molecule has 0 spiro atoms. The summed E-state index contributed by atoms with van der Waals surface area (Å²) in [5.74, 6) is 1.19. The summed E-state index contributed by atoms with van der Waals surface area (Å²) < 4.78 is 5.13. The largest absolute Gasteiger partial charge is 0.381 e. The van der Waals surface area contributed by atoms with Gasteiger partial charge in [-0.15, -0.1) is 0 Å². The molecule has 2 aliphatic carbocycles. The Bertz CT molecular complexity index is 279. The number of rotatable bonds is 4. The lowest BCUT2D eigenvalue weighted by molar-refractivity contribution is -0.128. The van der Waals surface area contributed by atoms with E-state index in [4.69, 9.17) is 4.74 Å². The normalized spacial score (nSPS) is 32.3. The molecular weight excluding hydrogens is 224 g/mol. The van der Waals surface area contributed by atoms with Crippen LogP contribution < -0.4 is 0 Å². The summed E-state index contributed by atoms with van der Waals surface area (Å²) in [7, 11) is 0. The molecule has 0 aromatic rings. The Morgan fingerprint density at radius 3 is 1.94 bits per heavy atom. The van der Waals surface area contributed by atoms with Crippen molar-refractivity contribution in [1.29, 1.82) is 0 Å². The van der Waals surface area contributed by atoms with E-state index < -0.39 is 0 Å². The molecule has 2 unspecified atom stereocenters. The predicted octanol–water partition coefficient (Wildman–Crippen LogP) is 4.22. The Morgan fingerprint density at radius 1 is 1.17 bits per heavy atom. The second kappa shape index (κ2) is 6.18. The fourth-order valence-corrected chi connectivity index (χ4v) is 3.29. The average molecular weight is 254 g/mol. The minimum atomic E-state index is 0.0255. The molecule has 0 N–H and O–H groups in total. The van der Waals surface area contributed by atoms with Gasteiger partial charge in [0, 0.05) is 25.0 Å². The molecule has 0 amide bonds. The molecule has 2 atom stereocenters. The van der Waals surface area contributed by atoms with Crippen LogP contribution in [0.1, 0.15) is 66.7 Å². The molecule has 106 valence electrons. The fourth-order valence-electron chi connectivity index (χ4n) is 3.29. The zero-order chi connectivity index (χ0) is 13.8. The zero-order valence-electron chi connectivity index (χ0n) is 12.8. The highest BCUT2D eigenvalue weighted by molar-refractivity contribution is 5.89. The number of ketones is 1. The molecule has 2 rings (SSSR count). The van der Waals surface area contributed by atoms with Crippen LogP contribution in [-0.2, 0) is 9.53 Å². The van der Waals surface area contributed by atoms with Crippen LogP contribution in [0.15, 0.2) is 0 Å². The van der Waals surface area contributed by atoms with Gasteiger partial charge in [-0.3, -0.25) is 4.79 Å². The van der Waals surface area contributed by atoms with Crippen molar-refractivity contribution in [2.24, 2.45) is 16.7 Å². The van der Waals surface area contributed by atoms with Gasteiger partial charge in [0.25, 0.3) is 0 Å². The number of carbonyl (C=O) groups is 1. The Morgan fingerprint density at radius 2 is 1.72 bits per heavy atom. The summed E-state index contributed by atoms with van der Waals surface area (Å²) in [6.07, 6.45) is 5.53. The Labute approximate surface area is 112 Å². The Hall–Kier alpha value is -0.370. The van der Waals surface area contributed by atoms with Crippen LogP contribution in [0.5, 0.6) is 0 Å². The van der Waals surface area contributed by atoms with Gasteiger partial charge < -0.3 is 4.74 Å². The van der Waals surface area contributed by atoms with Gasteiger partial charge in [-0.2, -0.15) is 0 Å². The highest BCUT2D eigenvalue weighted by atomic mass is 16.5. The lowest BCUT2D eigenvalue weighted by Gasteiger charge is -2.32. The van der Waals surface area contributed by atoms with Gasteiger partial charge in [0.05, 0.1) is 0 Å². The summed E-state index contributed by atoms with van der Waals surface area (Å²) in [6, 6.07) is 0. The Balaban J connectivity index is 0.000000203. The van der Waals surface area contributed by atoms with E-state index in [9.17, 15) is 4.79 Å². The van der Waals surface area contributed by atoms with Crippen molar-refractivity contribution in [2.45, 2.75) is 66.7 Å². The summed E-state index contributed by atoms with van der Waals surface area (Å²) in [5.41, 5.74) is 0.307. The van der Waals surface area contributed by atoms with Gasteiger partial charge in [-0.05, 0) is 37.0 Å². The van der Waals surface area contributed by atoms with Crippen molar-refractivity contribution in [2.75, 3.05) is 13.2 Å². The maximum Gasteiger partial charge on any atom is 0.139 e. The van der Waals surface area contributed by atoms with E-state index in [-0.39, 0.29) is 10.8 Å². The zero-order valence-corrected chi connectivity index (χ0v) is 12.8. The van der Waals surface area contributed by atoms with Crippen molar-refractivity contribution >= 4 is 5.78 Å². The summed E-state index contributed by atoms with van der Waals surface area (Å²) in [4.78, 5) is 11.6. The monoisotopic (exact) mass is 254 g/mol. The van der Waals surface area contributed by atoms with Gasteiger partial charge in [0.2, 0.25) is 0 Å². The number of hydrogen-bond acceptors (Lipinski definition) is 2. The molecule has 0 aromatic heterocycles. The van der Waals surface area contributed by atoms with Gasteiger partial charge in [-0.1, -0.05) is 34.6 Å². The van der Waals surface area contributed by atoms with Crippen molar-refractivity contribution in [3.8, 4) is 0 Å². The highest BCUT2D eigenvalue weighted by Gasteiger charge is 2.61. The first kappa shape index (κ1) is 15.7. The van der Waals surface area contributed by atoms with Gasteiger partial charge in [0.1, 0.15) is 5.78 Å². The molecule has 2 heteroatoms. The van der Waals surface area contributed by atoms with Gasteiger partial charge in [0.15, 0.2) is 0 Å². The predicted molar refractivity (Wildman–Crippen MR) is 75.6 cm³/mol. The summed E-state index contributed by atoms with van der Waals surface area (Å²) in [5, 5.41) is 0. The van der Waals surface area contributed by atoms with Crippen LogP contribution in [0.25, 0.3) is 0 Å². The average Bonchev–Trinajstić information content (AvgIpc) is 2.64. The summed E-state index contributed by atoms with van der Waals surface area (Å²) in [6.45, 7) is 12.8. The lowest BCUT2D eigenvalue weighted by atomic mass is 9.70. The molecule has 0 saturated heterocycles. The molecule has 2 bridgehead atoms. The molecule has 2 aliphatic rings. The topological polar surface area (TPSA) is 26.3 Å². The smallest absolute Gasteiger partial charge is 0.139 e. The van der Waals surface area contributed by atoms with E-state index in [0.29, 0.717) is 11.7 Å². The van der Waals surface area contributed by atoms with E-state index in [2.05, 4.69) is 34.6 Å². The van der Waals surface area contributed by atoms with Crippen molar-refractivity contribution in [1.82, 2.24) is 0 Å². The van der Waals surface area contributed by atoms with Crippen molar-refractivity contribution in [3.63, 3.8) is 0 Å². The molecule has 2 nitrogen and oxygen atoms in total. The van der Waals surface area contributed by atoms with Crippen LogP contribution in [-0.4, -0.2) is 19.0 Å². The Kier molecular flexibility index (Phi) is 5.39. The summed E-state index contributed by atoms with van der Waals surface area (Å²) >= 11 is 0. The van der Waals surface area contributed by atoms with E-state index in [1.807, 2.05) is 0 Å². The van der Waals surface area contributed by atoms with Gasteiger partial charge in [-0.25, -0.2) is 0 Å². The maximum atomic E-state index is 11.6. The molecule has 0 aromatic carbocycles. The molecular formula is C16H30O2. The van der Waals surface area contributed by atoms with E-state index in [0.717, 1.165) is 38.9 Å². The van der Waals surface area contributed by atoms with Crippen LogP contribution >= 0.6 is 0 Å². The second-order valence-corrected chi connectivity index (χ2v) is 6.53. The van der Waals surface area contributed by atoms with E-state index in [1.165, 1.54) is 6.42 Å². The SMILES string of the molecule is CC12CCC(CC1=O)C2(C)C.CCCOCCC.